The number of unbranched alkanes of at least 4 members (excludes halogenated alkanes) is 2. The summed E-state index contributed by atoms with van der Waals surface area (Å²) < 4.78 is 5.33. The second kappa shape index (κ2) is 20.4. The molecule has 0 aromatic rings. The maximum Gasteiger partial charge on any atom is 0.332 e. The molecule has 0 spiro atoms. The molecule has 0 amide bonds. The van der Waals surface area contributed by atoms with Gasteiger partial charge in [-0.3, -0.25) is 0 Å². The van der Waals surface area contributed by atoms with Crippen molar-refractivity contribution in [1.29, 1.82) is 0 Å². The summed E-state index contributed by atoms with van der Waals surface area (Å²) in [5.74, 6) is -0.865. The van der Waals surface area contributed by atoms with Gasteiger partial charge in [0.15, 0.2) is 6.10 Å². The molecular weight excluding hydrogens is 336 g/mol. The zero-order valence-electron chi connectivity index (χ0n) is 17.2. The summed E-state index contributed by atoms with van der Waals surface area (Å²) >= 11 is 0. The van der Waals surface area contributed by atoms with E-state index in [2.05, 4.69) is 67.7 Å². The van der Waals surface area contributed by atoms with Crippen molar-refractivity contribution >= 4 is 5.97 Å². The third-order valence-electron chi connectivity index (χ3n) is 3.89. The molecule has 0 rings (SSSR count). The van der Waals surface area contributed by atoms with Crippen LogP contribution < -0.4 is 0 Å². The van der Waals surface area contributed by atoms with E-state index in [1.807, 2.05) is 6.92 Å². The summed E-state index contributed by atoms with van der Waals surface area (Å²) in [4.78, 5) is 10.8. The Bertz CT molecular complexity index is 484. The van der Waals surface area contributed by atoms with E-state index < -0.39 is 12.1 Å². The van der Waals surface area contributed by atoms with Crippen LogP contribution in [0.2, 0.25) is 0 Å². The molecule has 152 valence electrons. The minimum atomic E-state index is -0.865. The monoisotopic (exact) mass is 374 g/mol. The van der Waals surface area contributed by atoms with E-state index in [-0.39, 0.29) is 0 Å². The van der Waals surface area contributed by atoms with E-state index in [1.165, 1.54) is 0 Å². The number of carbonyl (C=O) groups is 1. The van der Waals surface area contributed by atoms with Crippen molar-refractivity contribution in [3.63, 3.8) is 0 Å². The highest BCUT2D eigenvalue weighted by Crippen LogP contribution is 2.03. The van der Waals surface area contributed by atoms with Crippen LogP contribution in [0.3, 0.4) is 0 Å². The third-order valence-corrected chi connectivity index (χ3v) is 3.89. The van der Waals surface area contributed by atoms with Gasteiger partial charge in [-0.2, -0.15) is 0 Å². The normalized spacial score (nSPS) is 13.9. The van der Waals surface area contributed by atoms with Crippen LogP contribution in [0.25, 0.3) is 0 Å². The van der Waals surface area contributed by atoms with E-state index in [9.17, 15) is 4.79 Å². The lowest BCUT2D eigenvalue weighted by Crippen LogP contribution is -2.23. The quantitative estimate of drug-likeness (QED) is 0.225. The fourth-order valence-electron chi connectivity index (χ4n) is 2.32. The van der Waals surface area contributed by atoms with Gasteiger partial charge in [0.05, 0.1) is 0 Å². The number of aliphatic carboxylic acids is 1. The minimum Gasteiger partial charge on any atom is -0.479 e. The first-order valence-electron chi connectivity index (χ1n) is 10.3. The van der Waals surface area contributed by atoms with Gasteiger partial charge in [-0.25, -0.2) is 4.79 Å². The van der Waals surface area contributed by atoms with Gasteiger partial charge in [0, 0.05) is 6.61 Å². The fourth-order valence-corrected chi connectivity index (χ4v) is 2.32. The maximum absolute atomic E-state index is 10.8. The molecule has 0 heterocycles. The number of carboxylic acids is 1. The summed E-state index contributed by atoms with van der Waals surface area (Å²) in [5, 5.41) is 8.87. The smallest absolute Gasteiger partial charge is 0.332 e. The van der Waals surface area contributed by atoms with E-state index in [0.29, 0.717) is 13.0 Å². The first-order valence-corrected chi connectivity index (χ1v) is 10.3. The van der Waals surface area contributed by atoms with Gasteiger partial charge in [-0.05, 0) is 57.8 Å². The molecule has 0 aromatic carbocycles. The van der Waals surface area contributed by atoms with Crippen molar-refractivity contribution in [3.05, 3.63) is 60.8 Å². The predicted molar refractivity (Wildman–Crippen MR) is 116 cm³/mol. The minimum absolute atomic E-state index is 0.518. The molecule has 0 saturated heterocycles. The Morgan fingerprint density at radius 1 is 0.778 bits per heavy atom. The first kappa shape index (κ1) is 25.1. The lowest BCUT2D eigenvalue weighted by molar-refractivity contribution is -0.150. The van der Waals surface area contributed by atoms with Gasteiger partial charge in [0.1, 0.15) is 0 Å². The van der Waals surface area contributed by atoms with Gasteiger partial charge in [0.25, 0.3) is 0 Å². The van der Waals surface area contributed by atoms with Crippen LogP contribution >= 0.6 is 0 Å². The van der Waals surface area contributed by atoms with Gasteiger partial charge in [-0.1, -0.05) is 74.6 Å². The Hall–Kier alpha value is -1.87. The molecule has 3 nitrogen and oxygen atoms in total. The number of rotatable bonds is 17. The Labute approximate surface area is 166 Å². The Morgan fingerprint density at radius 2 is 1.26 bits per heavy atom. The molecule has 0 aliphatic rings. The van der Waals surface area contributed by atoms with E-state index in [4.69, 9.17) is 9.84 Å². The number of carboxylic acid groups (broad SMARTS) is 1. The first-order chi connectivity index (χ1) is 13.2. The molecule has 1 atom stereocenters. The Morgan fingerprint density at radius 3 is 1.70 bits per heavy atom. The largest absolute Gasteiger partial charge is 0.479 e. The van der Waals surface area contributed by atoms with Crippen LogP contribution in [0, 0.1) is 0 Å². The molecule has 0 aliphatic carbocycles. The summed E-state index contributed by atoms with van der Waals surface area (Å²) in [6.45, 7) is 4.50. The van der Waals surface area contributed by atoms with Crippen LogP contribution in [-0.2, 0) is 9.53 Å². The van der Waals surface area contributed by atoms with Crippen molar-refractivity contribution in [3.8, 4) is 0 Å². The summed E-state index contributed by atoms with van der Waals surface area (Å²) in [6.07, 6.45) is 29.9. The van der Waals surface area contributed by atoms with Crippen LogP contribution in [0.4, 0.5) is 0 Å². The van der Waals surface area contributed by atoms with Crippen LogP contribution in [0.5, 0.6) is 0 Å². The number of ether oxygens (including phenoxy) is 1. The zero-order valence-corrected chi connectivity index (χ0v) is 17.2. The molecular formula is C24H38O3. The number of allylic oxidation sites excluding steroid dienone is 10. The van der Waals surface area contributed by atoms with E-state index in [1.54, 1.807) is 0 Å². The lowest BCUT2D eigenvalue weighted by Gasteiger charge is -2.10. The van der Waals surface area contributed by atoms with Crippen LogP contribution in [0.15, 0.2) is 60.8 Å². The van der Waals surface area contributed by atoms with Crippen molar-refractivity contribution in [2.45, 2.75) is 77.7 Å². The van der Waals surface area contributed by atoms with Crippen LogP contribution in [-0.4, -0.2) is 23.8 Å². The molecule has 0 aliphatic heterocycles. The average Bonchev–Trinajstić information content (AvgIpc) is 2.66. The molecule has 3 heteroatoms. The van der Waals surface area contributed by atoms with E-state index in [0.717, 1.165) is 51.4 Å². The highest BCUT2D eigenvalue weighted by Gasteiger charge is 2.14. The average molecular weight is 375 g/mol. The standard InChI is InChI=1S/C24H38O3/c1-3-5-6-7-8-9-10-11-12-13-14-15-16-17-18-19-20-21-22-27-23(4-2)24(25)26/h5-6,8-9,11-12,14-15,17-18,23H,3-4,7,10,13,16,19-22H2,1-2H3,(H,25,26)/b6-5-,9-8+,12-11+,15-14+,18-17+. The van der Waals surface area contributed by atoms with E-state index >= 15 is 0 Å². The molecule has 27 heavy (non-hydrogen) atoms. The van der Waals surface area contributed by atoms with Gasteiger partial charge in [0.2, 0.25) is 0 Å². The van der Waals surface area contributed by atoms with Gasteiger partial charge in [-0.15, -0.1) is 0 Å². The highest BCUT2D eigenvalue weighted by atomic mass is 16.5. The molecule has 1 unspecified atom stereocenters. The summed E-state index contributed by atoms with van der Waals surface area (Å²) in [6, 6.07) is 0. The zero-order chi connectivity index (χ0) is 20.0. The number of hydrogen-bond acceptors (Lipinski definition) is 2. The predicted octanol–water partition coefficient (Wildman–Crippen LogP) is 6.79. The van der Waals surface area contributed by atoms with Gasteiger partial charge >= 0.3 is 5.97 Å². The second-order valence-electron chi connectivity index (χ2n) is 6.31. The molecule has 0 bridgehead atoms. The molecule has 0 fully saturated rings. The molecule has 0 saturated carbocycles. The second-order valence-corrected chi connectivity index (χ2v) is 6.31. The SMILES string of the molecule is CC/C=C\C/C=C/C/C=C/C/C=C/C/C=C/CCCCOC(CC)C(=O)O. The van der Waals surface area contributed by atoms with Crippen molar-refractivity contribution in [1.82, 2.24) is 0 Å². The summed E-state index contributed by atoms with van der Waals surface area (Å²) in [7, 11) is 0. The third kappa shape index (κ3) is 18.7. The topological polar surface area (TPSA) is 46.5 Å². The maximum atomic E-state index is 10.8. The van der Waals surface area contributed by atoms with Gasteiger partial charge < -0.3 is 9.84 Å². The highest BCUT2D eigenvalue weighted by molar-refractivity contribution is 5.72. The Balaban J connectivity index is 3.51. The Kier molecular flexibility index (Phi) is 19.0. The lowest BCUT2D eigenvalue weighted by atomic mass is 10.2. The molecule has 0 aromatic heterocycles. The van der Waals surface area contributed by atoms with Crippen molar-refractivity contribution < 1.29 is 14.6 Å². The van der Waals surface area contributed by atoms with Crippen molar-refractivity contribution in [2.24, 2.45) is 0 Å². The molecule has 1 N–H and O–H groups in total. The molecule has 0 radical (unpaired) electrons. The van der Waals surface area contributed by atoms with Crippen molar-refractivity contribution in [2.75, 3.05) is 6.61 Å². The van der Waals surface area contributed by atoms with Crippen LogP contribution in [0.1, 0.15) is 71.6 Å². The fraction of sp³-hybridized carbons (Fsp3) is 0.542. The number of hydrogen-bond donors (Lipinski definition) is 1. The summed E-state index contributed by atoms with van der Waals surface area (Å²) in [5.41, 5.74) is 0.